The molecule has 0 radical (unpaired) electrons. The van der Waals surface area contributed by atoms with Crippen molar-refractivity contribution in [2.75, 3.05) is 55.0 Å². The van der Waals surface area contributed by atoms with Crippen LogP contribution in [0.5, 0.6) is 0 Å². The van der Waals surface area contributed by atoms with Crippen LogP contribution in [0.3, 0.4) is 0 Å². The van der Waals surface area contributed by atoms with Gasteiger partial charge in [0, 0.05) is 35.5 Å². The van der Waals surface area contributed by atoms with Crippen molar-refractivity contribution < 1.29 is 14.3 Å². The number of thioether (sulfide) groups is 1. The third-order valence-corrected chi connectivity index (χ3v) is 10.6. The minimum absolute atomic E-state index is 0.120. The summed E-state index contributed by atoms with van der Waals surface area (Å²) >= 11 is 1.75. The van der Waals surface area contributed by atoms with Gasteiger partial charge in [0.2, 0.25) is 5.91 Å². The fraction of sp³-hybridized carbons (Fsp3) is 0.588. The molecule has 11 heteroatoms. The summed E-state index contributed by atoms with van der Waals surface area (Å²) in [6, 6.07) is 7.22. The number of aromatic nitrogens is 2. The molecule has 2 aliphatic carbocycles. The van der Waals surface area contributed by atoms with E-state index in [2.05, 4.69) is 47.9 Å². The van der Waals surface area contributed by atoms with Crippen LogP contribution in [0, 0.1) is 37.0 Å². The Morgan fingerprint density at radius 2 is 1.80 bits per heavy atom. The predicted octanol–water partition coefficient (Wildman–Crippen LogP) is 5.57. The van der Waals surface area contributed by atoms with E-state index in [9.17, 15) is 9.59 Å². The number of ether oxygens (including phenoxy) is 1. The van der Waals surface area contributed by atoms with Crippen molar-refractivity contribution in [3.05, 3.63) is 47.4 Å². The number of carbonyl (C=O) groups excluding carboxylic acids is 2. The molecule has 2 amide bonds. The molecule has 1 unspecified atom stereocenters. The van der Waals surface area contributed by atoms with Gasteiger partial charge in [0.1, 0.15) is 18.5 Å². The van der Waals surface area contributed by atoms with Gasteiger partial charge in [-0.1, -0.05) is 12.1 Å². The molecule has 2 fully saturated rings. The van der Waals surface area contributed by atoms with Crippen LogP contribution in [-0.2, 0) is 21.1 Å². The van der Waals surface area contributed by atoms with Gasteiger partial charge in [0.25, 0.3) is 5.91 Å². The lowest BCUT2D eigenvalue weighted by Gasteiger charge is -2.28. The number of anilines is 1. The quantitative estimate of drug-likeness (QED) is 0.0892. The second-order valence-electron chi connectivity index (χ2n) is 13.2. The molecule has 0 saturated heterocycles. The summed E-state index contributed by atoms with van der Waals surface area (Å²) in [5, 5.41) is 21.6. The highest BCUT2D eigenvalue weighted by molar-refractivity contribution is 8.32. The molecule has 0 aliphatic heterocycles. The summed E-state index contributed by atoms with van der Waals surface area (Å²) in [6.45, 7) is 5.85. The van der Waals surface area contributed by atoms with E-state index in [4.69, 9.17) is 15.2 Å². The first kappa shape index (κ1) is 35.1. The van der Waals surface area contributed by atoms with Crippen LogP contribution >= 0.6 is 21.8 Å². The van der Waals surface area contributed by atoms with Crippen LogP contribution in [0.25, 0.3) is 11.1 Å². The predicted molar refractivity (Wildman–Crippen MR) is 191 cm³/mol. The molecule has 1 atom stereocenters. The van der Waals surface area contributed by atoms with Crippen molar-refractivity contribution in [3.8, 4) is 11.1 Å². The smallest absolute Gasteiger partial charge is 0.268 e. The summed E-state index contributed by atoms with van der Waals surface area (Å²) in [5.74, 6) is 2.56. The first-order chi connectivity index (χ1) is 21.5. The number of hydrogen-bond acceptors (Lipinski definition) is 7. The monoisotopic (exact) mass is 656 g/mol. The number of rotatable bonds is 19. The molecule has 1 aromatic carbocycles. The summed E-state index contributed by atoms with van der Waals surface area (Å²) in [7, 11) is -0.598. The zero-order valence-corrected chi connectivity index (χ0v) is 29.4. The lowest BCUT2D eigenvalue weighted by molar-refractivity contribution is -0.126. The maximum atomic E-state index is 13.8. The second-order valence-corrected chi connectivity index (χ2v) is 18.7. The highest BCUT2D eigenvalue weighted by Crippen LogP contribution is 2.51. The number of allylic oxidation sites excluding steroid dienone is 1. The van der Waals surface area contributed by atoms with Gasteiger partial charge in [-0.2, -0.15) is 16.9 Å². The van der Waals surface area contributed by atoms with Crippen LogP contribution in [0.2, 0.25) is 0 Å². The summed E-state index contributed by atoms with van der Waals surface area (Å²) < 4.78 is 7.85. The first-order valence-corrected chi connectivity index (χ1v) is 20.4. The number of aryl methyl sites for hydroxylation is 1. The largest absolute Gasteiger partial charge is 0.381 e. The number of carbonyl (C=O) groups is 2. The van der Waals surface area contributed by atoms with E-state index in [1.54, 1.807) is 11.8 Å². The van der Waals surface area contributed by atoms with Crippen LogP contribution in [-0.4, -0.2) is 83.5 Å². The van der Waals surface area contributed by atoms with E-state index >= 15 is 0 Å². The Hall–Kier alpha value is -2.76. The number of nitrogens with zero attached hydrogens (tertiary/aromatic N) is 2. The average molecular weight is 657 g/mol. The molecule has 1 aromatic heterocycles. The Morgan fingerprint density at radius 3 is 2.38 bits per heavy atom. The minimum Gasteiger partial charge on any atom is -0.381 e. The van der Waals surface area contributed by atoms with Gasteiger partial charge in [0.15, 0.2) is 0 Å². The summed E-state index contributed by atoms with van der Waals surface area (Å²) in [4.78, 5) is 27.3. The number of nitrogens with one attached hydrogen (secondary N) is 4. The molecular formula is C34H52N6O3S2. The lowest BCUT2D eigenvalue weighted by atomic mass is 9.88. The number of hydrogen-bond donors (Lipinski definition) is 4. The van der Waals surface area contributed by atoms with Crippen LogP contribution in [0.1, 0.15) is 43.5 Å². The van der Waals surface area contributed by atoms with E-state index in [0.29, 0.717) is 36.5 Å². The maximum absolute atomic E-state index is 13.8. The van der Waals surface area contributed by atoms with Gasteiger partial charge in [-0.3, -0.25) is 9.59 Å². The van der Waals surface area contributed by atoms with Crippen molar-refractivity contribution in [3.63, 3.8) is 0 Å². The van der Waals surface area contributed by atoms with Crippen LogP contribution in [0.15, 0.2) is 36.0 Å². The molecule has 0 spiro atoms. The molecule has 2 saturated carbocycles. The Morgan fingerprint density at radius 1 is 1.13 bits per heavy atom. The Bertz CT molecular complexity index is 1330. The molecule has 1 heterocycles. The Kier molecular flexibility index (Phi) is 12.6. The second kappa shape index (κ2) is 16.2. The maximum Gasteiger partial charge on any atom is 0.268 e. The highest BCUT2D eigenvalue weighted by atomic mass is 32.3. The van der Waals surface area contributed by atoms with E-state index in [1.807, 2.05) is 35.9 Å². The van der Waals surface area contributed by atoms with E-state index in [1.165, 1.54) is 6.08 Å². The van der Waals surface area contributed by atoms with Crippen LogP contribution < -0.4 is 16.0 Å². The topological polar surface area (TPSA) is 121 Å². The third kappa shape index (κ3) is 10.4. The summed E-state index contributed by atoms with van der Waals surface area (Å²) in [5.41, 5.74) is 5.09. The standard InChI is InChI=1S/C34H52N6O3S2/c1-23-30(24(2)40(39-23)22-43-19-21-45(4,5)6)25-12-14-28(15-13-25)37-34(42)32(31(26-8-9-26)27-10-11-27)38-33(41)29(16-17-35)36-18-7-20-44-3/h12-17,26-27,31-32,35-36H,7-11,18-22H2,1-6H3,(H,37,42)(H,38,41)/b29-16-,35-17?. The average Bonchev–Trinajstić information content (AvgIpc) is 3.93. The molecule has 0 bridgehead atoms. The van der Waals surface area contributed by atoms with Crippen molar-refractivity contribution >= 4 is 45.5 Å². The normalized spacial score (nSPS) is 16.4. The molecule has 2 aromatic rings. The SMILES string of the molecule is CSCCCN/C(=C\C=N)C(=O)NC(C(=O)Nc1ccc(-c2c(C)nn(COCCS(C)(C)C)c2C)cc1)C(C1CC1)C1CC1. The molecule has 248 valence electrons. The van der Waals surface area contributed by atoms with E-state index < -0.39 is 16.1 Å². The summed E-state index contributed by atoms with van der Waals surface area (Å²) in [6.07, 6.45) is 16.8. The molecule has 4 N–H and O–H groups in total. The van der Waals surface area contributed by atoms with Gasteiger partial charge < -0.3 is 26.1 Å². The zero-order chi connectivity index (χ0) is 32.6. The molecule has 45 heavy (non-hydrogen) atoms. The van der Waals surface area contributed by atoms with Gasteiger partial charge in [-0.15, -0.1) is 0 Å². The molecule has 9 nitrogen and oxygen atoms in total. The molecule has 4 rings (SSSR count). The van der Waals surface area contributed by atoms with Crippen molar-refractivity contribution in [2.24, 2.45) is 17.8 Å². The van der Waals surface area contributed by atoms with Gasteiger partial charge >= 0.3 is 0 Å². The zero-order valence-electron chi connectivity index (χ0n) is 27.8. The van der Waals surface area contributed by atoms with E-state index in [-0.39, 0.29) is 17.7 Å². The fourth-order valence-corrected chi connectivity index (χ4v) is 6.88. The van der Waals surface area contributed by atoms with E-state index in [0.717, 1.165) is 78.9 Å². The molecule has 2 aliphatic rings. The number of benzene rings is 1. The van der Waals surface area contributed by atoms with Crippen LogP contribution in [0.4, 0.5) is 5.69 Å². The minimum atomic E-state index is -0.637. The van der Waals surface area contributed by atoms with Gasteiger partial charge in [0.05, 0.1) is 12.3 Å². The highest BCUT2D eigenvalue weighted by Gasteiger charge is 2.48. The number of amides is 2. The first-order valence-electron chi connectivity index (χ1n) is 16.0. The molecular weight excluding hydrogens is 605 g/mol. The third-order valence-electron chi connectivity index (χ3n) is 8.50. The van der Waals surface area contributed by atoms with Crippen molar-refractivity contribution in [2.45, 2.75) is 58.7 Å². The fourth-order valence-electron chi connectivity index (χ4n) is 5.83. The van der Waals surface area contributed by atoms with Crippen molar-refractivity contribution in [1.29, 1.82) is 5.41 Å². The lowest BCUT2D eigenvalue weighted by Crippen LogP contribution is -2.51. The van der Waals surface area contributed by atoms with Gasteiger partial charge in [-0.05, 0) is 118 Å². The van der Waals surface area contributed by atoms with Crippen molar-refractivity contribution in [1.82, 2.24) is 20.4 Å². The Balaban J connectivity index is 1.45. The van der Waals surface area contributed by atoms with Gasteiger partial charge in [-0.25, -0.2) is 14.7 Å². The Labute approximate surface area is 274 Å².